The number of aromatic nitrogens is 2. The summed E-state index contributed by atoms with van der Waals surface area (Å²) in [5, 5.41) is 0. The fourth-order valence-electron chi connectivity index (χ4n) is 1.49. The summed E-state index contributed by atoms with van der Waals surface area (Å²) in [6.07, 6.45) is -0.153. The predicted molar refractivity (Wildman–Crippen MR) is 51.1 cm³/mol. The van der Waals surface area contributed by atoms with Crippen LogP contribution in [0.15, 0.2) is 0 Å². The molecule has 1 aromatic rings. The van der Waals surface area contributed by atoms with Gasteiger partial charge in [0.05, 0.1) is 30.6 Å². The first-order chi connectivity index (χ1) is 7.16. The molecule has 0 saturated heterocycles. The van der Waals surface area contributed by atoms with E-state index in [1.165, 1.54) is 0 Å². The molecule has 0 saturated carbocycles. The zero-order chi connectivity index (χ0) is 10.8. The van der Waals surface area contributed by atoms with E-state index in [-0.39, 0.29) is 6.10 Å². The van der Waals surface area contributed by atoms with Crippen LogP contribution in [0.25, 0.3) is 0 Å². The maximum Gasteiger partial charge on any atom is 0.312 e. The predicted octanol–water partition coefficient (Wildman–Crippen LogP) is 1.48. The van der Waals surface area contributed by atoms with E-state index in [0.717, 1.165) is 5.56 Å². The average Bonchev–Trinajstić information content (AvgIpc) is 2.16. The van der Waals surface area contributed by atoms with Crippen molar-refractivity contribution in [2.45, 2.75) is 33.0 Å². The van der Waals surface area contributed by atoms with Gasteiger partial charge in [0, 0.05) is 6.42 Å². The van der Waals surface area contributed by atoms with Gasteiger partial charge in [0.15, 0.2) is 0 Å². The van der Waals surface area contributed by atoms with Gasteiger partial charge in [-0.2, -0.15) is 9.37 Å². The summed E-state index contributed by atoms with van der Waals surface area (Å²) in [5.74, 6) is 0.312. The molecule has 0 spiro atoms. The summed E-state index contributed by atoms with van der Waals surface area (Å²) in [5.41, 5.74) is 1.47. The highest BCUT2D eigenvalue weighted by molar-refractivity contribution is 5.30. The third-order valence-electron chi connectivity index (χ3n) is 2.10. The summed E-state index contributed by atoms with van der Waals surface area (Å²) in [6, 6.07) is 0. The maximum atomic E-state index is 13.1. The van der Waals surface area contributed by atoms with Gasteiger partial charge in [-0.05, 0) is 13.8 Å². The summed E-state index contributed by atoms with van der Waals surface area (Å²) in [4.78, 5) is 7.39. The molecule has 1 aliphatic rings. The third-order valence-corrected chi connectivity index (χ3v) is 2.10. The highest BCUT2D eigenvalue weighted by atomic mass is 19.1. The molecule has 2 heterocycles. The largest absolute Gasteiger partial charge is 0.475 e. The molecule has 0 radical (unpaired) electrons. The minimum absolute atomic E-state index is 0.0367. The topological polar surface area (TPSA) is 44.2 Å². The quantitative estimate of drug-likeness (QED) is 0.696. The molecular weight excluding hydrogens is 199 g/mol. The van der Waals surface area contributed by atoms with Gasteiger partial charge in [0.25, 0.3) is 0 Å². The Morgan fingerprint density at radius 1 is 1.40 bits per heavy atom. The van der Waals surface area contributed by atoms with Crippen molar-refractivity contribution in [2.75, 3.05) is 6.61 Å². The first kappa shape index (κ1) is 10.3. The van der Waals surface area contributed by atoms with E-state index in [4.69, 9.17) is 9.47 Å². The number of hydrogen-bond donors (Lipinski definition) is 0. The molecule has 0 fully saturated rings. The second-order valence-corrected chi connectivity index (χ2v) is 3.69. The van der Waals surface area contributed by atoms with E-state index in [1.54, 1.807) is 0 Å². The van der Waals surface area contributed by atoms with Crippen molar-refractivity contribution in [3.63, 3.8) is 0 Å². The normalized spacial score (nSPS) is 15.2. The molecule has 0 amide bonds. The minimum Gasteiger partial charge on any atom is -0.475 e. The van der Waals surface area contributed by atoms with Crippen LogP contribution in [0.5, 0.6) is 5.88 Å². The molecule has 5 heteroatoms. The molecule has 0 atom stereocenters. The number of halogens is 1. The van der Waals surface area contributed by atoms with Crippen LogP contribution in [0.4, 0.5) is 4.39 Å². The maximum absolute atomic E-state index is 13.1. The van der Waals surface area contributed by atoms with Gasteiger partial charge in [0.2, 0.25) is 5.88 Å². The lowest BCUT2D eigenvalue weighted by molar-refractivity contribution is 0.102. The first-order valence-electron chi connectivity index (χ1n) is 4.96. The molecule has 82 valence electrons. The average molecular weight is 212 g/mol. The van der Waals surface area contributed by atoms with Gasteiger partial charge in [-0.15, -0.1) is 0 Å². The van der Waals surface area contributed by atoms with Crippen LogP contribution in [0.2, 0.25) is 0 Å². The summed E-state index contributed by atoms with van der Waals surface area (Å²) in [7, 11) is 0. The summed E-state index contributed by atoms with van der Waals surface area (Å²) in [6.45, 7) is 4.72. The number of rotatable bonds is 2. The zero-order valence-corrected chi connectivity index (χ0v) is 8.79. The Labute approximate surface area is 87.4 Å². The van der Waals surface area contributed by atoms with Crippen molar-refractivity contribution in [3.8, 4) is 5.88 Å². The van der Waals surface area contributed by atoms with Crippen molar-refractivity contribution < 1.29 is 13.9 Å². The number of ether oxygens (including phenoxy) is 2. The standard InChI is InChI=1S/C10H13FN2O2/c1-6(2)15-9-7-5-14-4-3-8(7)12-10(11)13-9/h6H,3-5H2,1-2H3. The molecule has 2 rings (SSSR count). The van der Waals surface area contributed by atoms with E-state index in [2.05, 4.69) is 9.97 Å². The van der Waals surface area contributed by atoms with Crippen LogP contribution in [0, 0.1) is 6.08 Å². The highest BCUT2D eigenvalue weighted by Crippen LogP contribution is 2.24. The lowest BCUT2D eigenvalue weighted by Gasteiger charge is -2.19. The van der Waals surface area contributed by atoms with Crippen LogP contribution in [0.3, 0.4) is 0 Å². The molecule has 1 aromatic heterocycles. The number of nitrogens with zero attached hydrogens (tertiary/aromatic N) is 2. The molecule has 0 aromatic carbocycles. The monoisotopic (exact) mass is 212 g/mol. The Bertz CT molecular complexity index is 369. The molecule has 15 heavy (non-hydrogen) atoms. The van der Waals surface area contributed by atoms with Crippen molar-refractivity contribution in [1.82, 2.24) is 9.97 Å². The lowest BCUT2D eigenvalue weighted by Crippen LogP contribution is -2.18. The number of hydrogen-bond acceptors (Lipinski definition) is 4. The molecular formula is C10H13FN2O2. The molecule has 1 aliphatic heterocycles. The van der Waals surface area contributed by atoms with Crippen molar-refractivity contribution >= 4 is 0 Å². The lowest BCUT2D eigenvalue weighted by atomic mass is 10.1. The molecule has 0 unspecified atom stereocenters. The van der Waals surface area contributed by atoms with E-state index in [0.29, 0.717) is 31.2 Å². The van der Waals surface area contributed by atoms with Gasteiger partial charge < -0.3 is 9.47 Å². The van der Waals surface area contributed by atoms with E-state index < -0.39 is 6.08 Å². The van der Waals surface area contributed by atoms with Crippen LogP contribution < -0.4 is 4.74 Å². The van der Waals surface area contributed by atoms with Gasteiger partial charge in [-0.25, -0.2) is 4.98 Å². The fourth-order valence-corrected chi connectivity index (χ4v) is 1.49. The zero-order valence-electron chi connectivity index (χ0n) is 8.79. The Morgan fingerprint density at radius 2 is 2.20 bits per heavy atom. The van der Waals surface area contributed by atoms with Crippen molar-refractivity contribution in [2.24, 2.45) is 0 Å². The van der Waals surface area contributed by atoms with Crippen LogP contribution in [-0.4, -0.2) is 22.7 Å². The molecule has 0 N–H and O–H groups in total. The number of fused-ring (bicyclic) bond motifs is 1. The Balaban J connectivity index is 2.38. The fraction of sp³-hybridized carbons (Fsp3) is 0.600. The van der Waals surface area contributed by atoms with E-state index in [9.17, 15) is 4.39 Å². The van der Waals surface area contributed by atoms with Gasteiger partial charge in [-0.1, -0.05) is 0 Å². The van der Waals surface area contributed by atoms with Crippen molar-refractivity contribution in [3.05, 3.63) is 17.3 Å². The minimum atomic E-state index is -0.730. The second-order valence-electron chi connectivity index (χ2n) is 3.69. The van der Waals surface area contributed by atoms with Crippen molar-refractivity contribution in [1.29, 1.82) is 0 Å². The van der Waals surface area contributed by atoms with E-state index in [1.807, 2.05) is 13.8 Å². The Kier molecular flexibility index (Phi) is 2.81. The molecule has 4 nitrogen and oxygen atoms in total. The highest BCUT2D eigenvalue weighted by Gasteiger charge is 2.19. The SMILES string of the molecule is CC(C)Oc1nc(F)nc2c1COCC2. The summed E-state index contributed by atoms with van der Waals surface area (Å²) >= 11 is 0. The molecule has 0 bridgehead atoms. The second kappa shape index (κ2) is 4.10. The van der Waals surface area contributed by atoms with Crippen LogP contribution >= 0.6 is 0 Å². The van der Waals surface area contributed by atoms with Gasteiger partial charge >= 0.3 is 6.08 Å². The smallest absolute Gasteiger partial charge is 0.312 e. The molecule has 0 aliphatic carbocycles. The Morgan fingerprint density at radius 3 is 2.93 bits per heavy atom. The van der Waals surface area contributed by atoms with Gasteiger partial charge in [-0.3, -0.25) is 0 Å². The van der Waals surface area contributed by atoms with Crippen LogP contribution in [-0.2, 0) is 17.8 Å². The van der Waals surface area contributed by atoms with Gasteiger partial charge in [0.1, 0.15) is 0 Å². The van der Waals surface area contributed by atoms with E-state index >= 15 is 0 Å². The van der Waals surface area contributed by atoms with Crippen LogP contribution in [0.1, 0.15) is 25.1 Å². The Hall–Kier alpha value is -1.23. The first-order valence-corrected chi connectivity index (χ1v) is 4.96. The summed E-state index contributed by atoms with van der Waals surface area (Å²) < 4.78 is 23.8. The third kappa shape index (κ3) is 2.23.